The first kappa shape index (κ1) is 18.2. The molecular weight excluding hydrogens is 336 g/mol. The molecule has 1 unspecified atom stereocenters. The maximum atomic E-state index is 13.1. The van der Waals surface area contributed by atoms with Crippen LogP contribution < -0.4 is 5.32 Å². The minimum Gasteiger partial charge on any atom is -0.336 e. The molecule has 1 aromatic heterocycles. The topological polar surface area (TPSA) is 50.2 Å². The van der Waals surface area contributed by atoms with Crippen LogP contribution in [0.1, 0.15) is 55.5 Å². The van der Waals surface area contributed by atoms with Gasteiger partial charge in [0, 0.05) is 45.5 Å². The molecule has 5 heteroatoms. The van der Waals surface area contributed by atoms with E-state index in [1.165, 1.54) is 18.4 Å². The van der Waals surface area contributed by atoms with Crippen molar-refractivity contribution in [3.8, 4) is 0 Å². The first-order chi connectivity index (χ1) is 13.2. The van der Waals surface area contributed by atoms with Gasteiger partial charge in [0.2, 0.25) is 5.91 Å². The number of benzene rings is 1. The van der Waals surface area contributed by atoms with Gasteiger partial charge in [-0.1, -0.05) is 30.3 Å². The predicted molar refractivity (Wildman–Crippen MR) is 106 cm³/mol. The minimum atomic E-state index is 0.0481. The van der Waals surface area contributed by atoms with Crippen molar-refractivity contribution in [2.24, 2.45) is 13.0 Å². The Labute approximate surface area is 161 Å². The van der Waals surface area contributed by atoms with E-state index in [2.05, 4.69) is 45.5 Å². The lowest BCUT2D eigenvalue weighted by molar-refractivity contribution is -0.136. The highest BCUT2D eigenvalue weighted by molar-refractivity contribution is 5.77. The molecule has 1 aromatic carbocycles. The van der Waals surface area contributed by atoms with Crippen molar-refractivity contribution in [3.63, 3.8) is 0 Å². The van der Waals surface area contributed by atoms with Crippen LogP contribution in [0.15, 0.2) is 42.7 Å². The summed E-state index contributed by atoms with van der Waals surface area (Å²) in [7, 11) is 2.00. The smallest absolute Gasteiger partial charge is 0.223 e. The Hall–Kier alpha value is -2.14. The summed E-state index contributed by atoms with van der Waals surface area (Å²) in [5, 5.41) is 3.42. The monoisotopic (exact) mass is 366 g/mol. The number of aryl methyl sites for hydroxylation is 1. The Morgan fingerprint density at radius 1 is 1.19 bits per heavy atom. The second-order valence-corrected chi connectivity index (χ2v) is 8.04. The lowest BCUT2D eigenvalue weighted by atomic mass is 9.77. The van der Waals surface area contributed by atoms with Gasteiger partial charge < -0.3 is 14.8 Å². The predicted octanol–water partition coefficient (Wildman–Crippen LogP) is 3.26. The zero-order valence-corrected chi connectivity index (χ0v) is 16.2. The van der Waals surface area contributed by atoms with E-state index in [1.54, 1.807) is 0 Å². The highest BCUT2D eigenvalue weighted by atomic mass is 16.2. The summed E-state index contributed by atoms with van der Waals surface area (Å²) in [6, 6.07) is 10.9. The fourth-order valence-electron chi connectivity index (χ4n) is 4.72. The fraction of sp³-hybridized carbons (Fsp3) is 0.545. The molecule has 1 aliphatic carbocycles. The Bertz CT molecular complexity index is 749. The largest absolute Gasteiger partial charge is 0.336 e. The van der Waals surface area contributed by atoms with Crippen LogP contribution in [0.4, 0.5) is 0 Å². The molecule has 0 spiro atoms. The molecule has 1 saturated heterocycles. The first-order valence-corrected chi connectivity index (χ1v) is 10.2. The third-order valence-electron chi connectivity index (χ3n) is 6.30. The zero-order valence-electron chi connectivity index (χ0n) is 16.2. The third-order valence-corrected chi connectivity index (χ3v) is 6.30. The molecule has 1 N–H and O–H groups in total. The number of amides is 1. The van der Waals surface area contributed by atoms with Crippen LogP contribution in [0.3, 0.4) is 0 Å². The van der Waals surface area contributed by atoms with E-state index in [9.17, 15) is 4.79 Å². The molecule has 1 atom stereocenters. The number of carbonyl (C=O) groups excluding carboxylic acids is 1. The number of hydrogen-bond acceptors (Lipinski definition) is 3. The van der Waals surface area contributed by atoms with E-state index >= 15 is 0 Å². The molecule has 0 bridgehead atoms. The van der Waals surface area contributed by atoms with Crippen molar-refractivity contribution in [3.05, 3.63) is 54.1 Å². The maximum absolute atomic E-state index is 13.1. The minimum absolute atomic E-state index is 0.0481. The average Bonchev–Trinajstić information content (AvgIpc) is 3.15. The van der Waals surface area contributed by atoms with E-state index in [-0.39, 0.29) is 6.04 Å². The van der Waals surface area contributed by atoms with Gasteiger partial charge in [-0.2, -0.15) is 0 Å². The molecule has 1 amide bonds. The van der Waals surface area contributed by atoms with Crippen molar-refractivity contribution in [1.29, 1.82) is 0 Å². The second-order valence-electron chi connectivity index (χ2n) is 8.04. The molecule has 5 nitrogen and oxygen atoms in total. The first-order valence-electron chi connectivity index (χ1n) is 10.2. The van der Waals surface area contributed by atoms with Gasteiger partial charge in [-0.3, -0.25) is 4.79 Å². The fourth-order valence-corrected chi connectivity index (χ4v) is 4.72. The number of nitrogens with one attached hydrogen (secondary N) is 1. The van der Waals surface area contributed by atoms with Gasteiger partial charge in [0.05, 0.1) is 0 Å². The summed E-state index contributed by atoms with van der Waals surface area (Å²) in [6.07, 6.45) is 9.17. The average molecular weight is 367 g/mol. The molecule has 2 fully saturated rings. The summed E-state index contributed by atoms with van der Waals surface area (Å²) < 4.78 is 2.03. The van der Waals surface area contributed by atoms with E-state index < -0.39 is 0 Å². The van der Waals surface area contributed by atoms with Crippen molar-refractivity contribution in [1.82, 2.24) is 19.8 Å². The summed E-state index contributed by atoms with van der Waals surface area (Å²) in [4.78, 5) is 19.6. The highest BCUT2D eigenvalue weighted by Crippen LogP contribution is 2.37. The van der Waals surface area contributed by atoms with Crippen LogP contribution in [-0.2, 0) is 11.8 Å². The molecule has 1 saturated carbocycles. The number of aromatic nitrogens is 2. The number of imidazole rings is 1. The maximum Gasteiger partial charge on any atom is 0.223 e. The van der Waals surface area contributed by atoms with Gasteiger partial charge in [0.1, 0.15) is 11.9 Å². The van der Waals surface area contributed by atoms with Crippen molar-refractivity contribution in [2.75, 3.05) is 19.6 Å². The summed E-state index contributed by atoms with van der Waals surface area (Å²) in [6.45, 7) is 2.43. The van der Waals surface area contributed by atoms with Gasteiger partial charge in [0.25, 0.3) is 0 Å². The van der Waals surface area contributed by atoms with Crippen molar-refractivity contribution in [2.45, 2.75) is 44.1 Å². The normalized spacial score (nSPS) is 26.1. The van der Waals surface area contributed by atoms with Gasteiger partial charge in [-0.15, -0.1) is 0 Å². The molecule has 144 valence electrons. The van der Waals surface area contributed by atoms with Crippen molar-refractivity contribution >= 4 is 5.91 Å². The van der Waals surface area contributed by atoms with Crippen LogP contribution in [0.2, 0.25) is 0 Å². The standard InChI is InChI=1S/C22H30N4O/c1-25-13-12-24-22(25)20-16-23-11-14-26(20)21(27)15-17-7-9-19(10-8-17)18-5-3-2-4-6-18/h2-6,12-13,17,19-20,23H,7-11,14-16H2,1H3. The van der Waals surface area contributed by atoms with Gasteiger partial charge in [0.15, 0.2) is 0 Å². The molecular formula is C22H30N4O. The molecule has 4 rings (SSSR count). The molecule has 27 heavy (non-hydrogen) atoms. The molecule has 2 aromatic rings. The van der Waals surface area contributed by atoms with E-state index in [0.717, 1.165) is 38.3 Å². The number of rotatable bonds is 4. The lowest BCUT2D eigenvalue weighted by Gasteiger charge is -2.37. The van der Waals surface area contributed by atoms with Gasteiger partial charge in [-0.25, -0.2) is 4.98 Å². The van der Waals surface area contributed by atoms with Crippen LogP contribution in [-0.4, -0.2) is 40.0 Å². The van der Waals surface area contributed by atoms with Crippen LogP contribution in [0.25, 0.3) is 0 Å². The van der Waals surface area contributed by atoms with E-state index in [1.807, 2.05) is 24.0 Å². The third kappa shape index (κ3) is 4.08. The van der Waals surface area contributed by atoms with Crippen LogP contribution in [0, 0.1) is 5.92 Å². The van der Waals surface area contributed by atoms with Gasteiger partial charge in [-0.05, 0) is 43.1 Å². The Kier molecular flexibility index (Phi) is 5.58. The second kappa shape index (κ2) is 8.26. The molecule has 0 radical (unpaired) electrons. The highest BCUT2D eigenvalue weighted by Gasteiger charge is 2.32. The summed E-state index contributed by atoms with van der Waals surface area (Å²) in [5.41, 5.74) is 1.46. The van der Waals surface area contributed by atoms with Gasteiger partial charge >= 0.3 is 0 Å². The lowest BCUT2D eigenvalue weighted by Crippen LogP contribution is -2.49. The number of nitrogens with zero attached hydrogens (tertiary/aromatic N) is 3. The van der Waals surface area contributed by atoms with Crippen LogP contribution in [0.5, 0.6) is 0 Å². The molecule has 1 aliphatic heterocycles. The van der Waals surface area contributed by atoms with Crippen LogP contribution >= 0.6 is 0 Å². The number of carbonyl (C=O) groups is 1. The molecule has 2 aliphatic rings. The summed E-state index contributed by atoms with van der Waals surface area (Å²) >= 11 is 0. The Morgan fingerprint density at radius 2 is 1.96 bits per heavy atom. The SMILES string of the molecule is Cn1ccnc1C1CNCCN1C(=O)CC1CCC(c2ccccc2)CC1. The van der Waals surface area contributed by atoms with E-state index in [4.69, 9.17) is 0 Å². The Morgan fingerprint density at radius 3 is 2.67 bits per heavy atom. The quantitative estimate of drug-likeness (QED) is 0.904. The van der Waals surface area contributed by atoms with Crippen molar-refractivity contribution < 1.29 is 4.79 Å². The Balaban J connectivity index is 1.35. The summed E-state index contributed by atoms with van der Waals surface area (Å²) in [5.74, 6) is 2.46. The number of piperazine rings is 1. The number of hydrogen-bond donors (Lipinski definition) is 1. The zero-order chi connectivity index (χ0) is 18.6. The molecule has 2 heterocycles. The van der Waals surface area contributed by atoms with E-state index in [0.29, 0.717) is 24.2 Å².